The maximum Gasteiger partial charge on any atom is 0.247 e. The zero-order valence-corrected chi connectivity index (χ0v) is 13.2. The van der Waals surface area contributed by atoms with Gasteiger partial charge in [-0.1, -0.05) is 35.0 Å². The van der Waals surface area contributed by atoms with Gasteiger partial charge in [-0.05, 0) is 24.1 Å². The maximum absolute atomic E-state index is 11.6. The highest BCUT2D eigenvalue weighted by Crippen LogP contribution is 2.30. The summed E-state index contributed by atoms with van der Waals surface area (Å²) in [5.74, 6) is 0.179. The Bertz CT molecular complexity index is 452. The molecule has 110 valence electrons. The summed E-state index contributed by atoms with van der Waals surface area (Å²) >= 11 is 3.44. The quantitative estimate of drug-likeness (QED) is 0.763. The first-order valence-corrected chi connectivity index (χ1v) is 7.49. The van der Waals surface area contributed by atoms with E-state index in [1.807, 2.05) is 12.1 Å². The molecule has 0 spiro atoms. The van der Waals surface area contributed by atoms with Crippen LogP contribution in [-0.2, 0) is 9.53 Å². The molecule has 6 heteroatoms. The second-order valence-corrected chi connectivity index (χ2v) is 5.78. The van der Waals surface area contributed by atoms with E-state index in [4.69, 9.17) is 4.74 Å². The number of hydrogen-bond acceptors (Lipinski definition) is 4. The van der Waals surface area contributed by atoms with Gasteiger partial charge in [-0.2, -0.15) is 0 Å². The minimum atomic E-state index is -0.110. The Hall–Kier alpha value is -0.950. The van der Waals surface area contributed by atoms with Gasteiger partial charge in [-0.3, -0.25) is 4.79 Å². The molecule has 1 heterocycles. The van der Waals surface area contributed by atoms with Gasteiger partial charge in [-0.15, -0.1) is 0 Å². The standard InChI is InChI=1S/C14H20BrN3O2/c1-3-11-13(9-4-6-10(15)7-5-9)17-18-14(11)16-12(19)8-20-2/h4-7,11,13-14,17-18H,3,8H2,1-2H3,(H,16,19). The van der Waals surface area contributed by atoms with Gasteiger partial charge < -0.3 is 10.1 Å². The molecule has 2 rings (SSSR count). The molecule has 1 aliphatic heterocycles. The van der Waals surface area contributed by atoms with Gasteiger partial charge in [0, 0.05) is 17.5 Å². The van der Waals surface area contributed by atoms with Crippen LogP contribution in [0, 0.1) is 5.92 Å². The lowest BCUT2D eigenvalue weighted by Gasteiger charge is -2.22. The summed E-state index contributed by atoms with van der Waals surface area (Å²) in [6.45, 7) is 2.21. The molecule has 3 atom stereocenters. The highest BCUT2D eigenvalue weighted by Gasteiger charge is 2.36. The van der Waals surface area contributed by atoms with Crippen LogP contribution in [0.25, 0.3) is 0 Å². The maximum atomic E-state index is 11.6. The molecule has 20 heavy (non-hydrogen) atoms. The number of hydrogen-bond donors (Lipinski definition) is 3. The Morgan fingerprint density at radius 1 is 1.35 bits per heavy atom. The Labute approximate surface area is 127 Å². The van der Waals surface area contributed by atoms with Gasteiger partial charge in [0.15, 0.2) is 0 Å². The van der Waals surface area contributed by atoms with E-state index >= 15 is 0 Å². The number of nitrogens with one attached hydrogen (secondary N) is 3. The van der Waals surface area contributed by atoms with Crippen molar-refractivity contribution in [1.82, 2.24) is 16.2 Å². The van der Waals surface area contributed by atoms with Crippen LogP contribution in [0.1, 0.15) is 24.9 Å². The van der Waals surface area contributed by atoms with E-state index in [1.54, 1.807) is 0 Å². The van der Waals surface area contributed by atoms with Gasteiger partial charge in [-0.25, -0.2) is 10.9 Å². The summed E-state index contributed by atoms with van der Waals surface area (Å²) in [4.78, 5) is 11.6. The van der Waals surface area contributed by atoms with Crippen molar-refractivity contribution in [1.29, 1.82) is 0 Å². The van der Waals surface area contributed by atoms with Crippen molar-refractivity contribution < 1.29 is 9.53 Å². The normalized spacial score (nSPS) is 25.6. The highest BCUT2D eigenvalue weighted by molar-refractivity contribution is 9.10. The summed E-state index contributed by atoms with van der Waals surface area (Å²) in [5, 5.41) is 2.95. The average molecular weight is 342 g/mol. The third-order valence-electron chi connectivity index (χ3n) is 3.54. The van der Waals surface area contributed by atoms with Crippen LogP contribution in [0.2, 0.25) is 0 Å². The molecule has 1 saturated heterocycles. The number of carbonyl (C=O) groups excluding carboxylic acids is 1. The van der Waals surface area contributed by atoms with Crippen LogP contribution < -0.4 is 16.2 Å². The molecular formula is C14H20BrN3O2. The molecule has 1 aromatic rings. The fourth-order valence-corrected chi connectivity index (χ4v) is 2.81. The smallest absolute Gasteiger partial charge is 0.247 e. The molecule has 0 saturated carbocycles. The molecule has 3 unspecified atom stereocenters. The molecule has 0 bridgehead atoms. The lowest BCUT2D eigenvalue weighted by molar-refractivity contribution is -0.125. The number of halogens is 1. The molecular weight excluding hydrogens is 322 g/mol. The van der Waals surface area contributed by atoms with E-state index in [-0.39, 0.29) is 30.6 Å². The lowest BCUT2D eigenvalue weighted by atomic mass is 9.90. The molecule has 1 aromatic carbocycles. The molecule has 0 radical (unpaired) electrons. The molecule has 1 fully saturated rings. The van der Waals surface area contributed by atoms with Crippen molar-refractivity contribution in [2.24, 2.45) is 5.92 Å². The molecule has 0 aliphatic carbocycles. The summed E-state index contributed by atoms with van der Waals surface area (Å²) in [6, 6.07) is 8.42. The van der Waals surface area contributed by atoms with E-state index in [2.05, 4.69) is 51.2 Å². The Morgan fingerprint density at radius 2 is 2.05 bits per heavy atom. The minimum absolute atomic E-state index is 0.0809. The average Bonchev–Trinajstić information content (AvgIpc) is 2.82. The van der Waals surface area contributed by atoms with Crippen molar-refractivity contribution in [3.63, 3.8) is 0 Å². The molecule has 1 amide bonds. The van der Waals surface area contributed by atoms with E-state index in [9.17, 15) is 4.79 Å². The third kappa shape index (κ3) is 3.58. The lowest BCUT2D eigenvalue weighted by Crippen LogP contribution is -2.47. The van der Waals surface area contributed by atoms with Gasteiger partial charge in [0.1, 0.15) is 6.61 Å². The summed E-state index contributed by atoms with van der Waals surface area (Å²) in [6.07, 6.45) is 0.870. The van der Waals surface area contributed by atoms with Crippen molar-refractivity contribution in [2.45, 2.75) is 25.6 Å². The number of ether oxygens (including phenoxy) is 1. The molecule has 5 nitrogen and oxygen atoms in total. The van der Waals surface area contributed by atoms with Gasteiger partial charge in [0.25, 0.3) is 0 Å². The predicted octanol–water partition coefficient (Wildman–Crippen LogP) is 1.71. The van der Waals surface area contributed by atoms with Crippen LogP contribution in [0.4, 0.5) is 0 Å². The van der Waals surface area contributed by atoms with Crippen LogP contribution in [0.3, 0.4) is 0 Å². The van der Waals surface area contributed by atoms with Crippen LogP contribution >= 0.6 is 15.9 Å². The molecule has 0 aromatic heterocycles. The number of methoxy groups -OCH3 is 1. The van der Waals surface area contributed by atoms with E-state index in [0.717, 1.165) is 10.9 Å². The van der Waals surface area contributed by atoms with E-state index < -0.39 is 0 Å². The fraction of sp³-hybridized carbons (Fsp3) is 0.500. The van der Waals surface area contributed by atoms with Crippen molar-refractivity contribution in [2.75, 3.05) is 13.7 Å². The number of amides is 1. The SMILES string of the molecule is CCC1C(NC(=O)COC)NNC1c1ccc(Br)cc1. The van der Waals surface area contributed by atoms with E-state index in [1.165, 1.54) is 12.7 Å². The zero-order chi connectivity index (χ0) is 14.5. The molecule has 3 N–H and O–H groups in total. The Balaban J connectivity index is 2.05. The Morgan fingerprint density at radius 3 is 2.65 bits per heavy atom. The Kier molecular flexibility index (Phi) is 5.54. The monoisotopic (exact) mass is 341 g/mol. The predicted molar refractivity (Wildman–Crippen MR) is 80.7 cm³/mol. The first-order valence-electron chi connectivity index (χ1n) is 6.70. The van der Waals surface area contributed by atoms with Gasteiger partial charge in [0.05, 0.1) is 12.2 Å². The first kappa shape index (κ1) is 15.4. The number of benzene rings is 1. The van der Waals surface area contributed by atoms with Crippen LogP contribution in [0.15, 0.2) is 28.7 Å². The highest BCUT2D eigenvalue weighted by atomic mass is 79.9. The van der Waals surface area contributed by atoms with E-state index in [0.29, 0.717) is 0 Å². The molecule has 1 aliphatic rings. The second-order valence-electron chi connectivity index (χ2n) is 4.87. The van der Waals surface area contributed by atoms with Crippen molar-refractivity contribution >= 4 is 21.8 Å². The largest absolute Gasteiger partial charge is 0.375 e. The number of rotatable bonds is 5. The minimum Gasteiger partial charge on any atom is -0.375 e. The number of carbonyl (C=O) groups is 1. The summed E-state index contributed by atoms with van der Waals surface area (Å²) in [5.41, 5.74) is 7.64. The van der Waals surface area contributed by atoms with Gasteiger partial charge >= 0.3 is 0 Å². The second kappa shape index (κ2) is 7.17. The van der Waals surface area contributed by atoms with Gasteiger partial charge in [0.2, 0.25) is 5.91 Å². The zero-order valence-electron chi connectivity index (χ0n) is 11.7. The number of hydrazine groups is 1. The third-order valence-corrected chi connectivity index (χ3v) is 4.07. The van der Waals surface area contributed by atoms with Crippen molar-refractivity contribution in [3.05, 3.63) is 34.3 Å². The van der Waals surface area contributed by atoms with Crippen molar-refractivity contribution in [3.8, 4) is 0 Å². The first-order chi connectivity index (χ1) is 9.65. The summed E-state index contributed by atoms with van der Waals surface area (Å²) < 4.78 is 5.90. The van der Waals surface area contributed by atoms with Crippen LogP contribution in [0.5, 0.6) is 0 Å². The fourth-order valence-electron chi connectivity index (χ4n) is 2.55. The summed E-state index contributed by atoms with van der Waals surface area (Å²) in [7, 11) is 1.52. The van der Waals surface area contributed by atoms with Crippen LogP contribution in [-0.4, -0.2) is 25.8 Å². The topological polar surface area (TPSA) is 62.4 Å².